The third-order valence-electron chi connectivity index (χ3n) is 2.70. The van der Waals surface area contributed by atoms with Gasteiger partial charge in [-0.15, -0.1) is 0 Å². The lowest BCUT2D eigenvalue weighted by molar-refractivity contribution is -0.131. The minimum absolute atomic E-state index is 0.637. The summed E-state index contributed by atoms with van der Waals surface area (Å²) in [5.41, 5.74) is 3.91. The Bertz CT molecular complexity index is 589. The van der Waals surface area contributed by atoms with E-state index in [4.69, 9.17) is 5.11 Å². The van der Waals surface area contributed by atoms with Crippen LogP contribution in [0.15, 0.2) is 54.6 Å². The summed E-state index contributed by atoms with van der Waals surface area (Å²) in [6.45, 7) is 1.81. The van der Waals surface area contributed by atoms with E-state index in [0.717, 1.165) is 22.3 Å². The van der Waals surface area contributed by atoms with E-state index in [1.807, 2.05) is 31.2 Å². The molecule has 0 aliphatic carbocycles. The number of hydrogen-bond donors (Lipinski definition) is 1. The molecule has 0 saturated carbocycles. The van der Waals surface area contributed by atoms with E-state index < -0.39 is 5.97 Å². The number of rotatable bonds is 4. The van der Waals surface area contributed by atoms with Crippen molar-refractivity contribution in [2.45, 2.75) is 13.3 Å². The van der Waals surface area contributed by atoms with Gasteiger partial charge in [-0.3, -0.25) is 0 Å². The van der Waals surface area contributed by atoms with Gasteiger partial charge in [-0.2, -0.15) is 0 Å². The van der Waals surface area contributed by atoms with E-state index in [1.54, 1.807) is 12.4 Å². The fourth-order valence-corrected chi connectivity index (χ4v) is 1.85. The second-order valence-electron chi connectivity index (χ2n) is 4.33. The molecule has 96 valence electrons. The monoisotopic (exact) mass is 254 g/mol. The quantitative estimate of drug-likeness (QED) is 0.852. The van der Waals surface area contributed by atoms with E-state index in [9.17, 15) is 4.79 Å². The SMILES string of the molecule is C/C(=C\C(=O)O)Cc1ccc(-c2cncnc2)cc1. The summed E-state index contributed by atoms with van der Waals surface area (Å²) >= 11 is 0. The van der Waals surface area contributed by atoms with Gasteiger partial charge in [0.15, 0.2) is 0 Å². The number of nitrogens with zero attached hydrogens (tertiary/aromatic N) is 2. The van der Waals surface area contributed by atoms with E-state index in [1.165, 1.54) is 12.4 Å². The second kappa shape index (κ2) is 5.91. The van der Waals surface area contributed by atoms with Crippen molar-refractivity contribution in [2.24, 2.45) is 0 Å². The highest BCUT2D eigenvalue weighted by Crippen LogP contribution is 2.18. The maximum absolute atomic E-state index is 10.5. The Kier molecular flexibility index (Phi) is 4.03. The molecule has 0 fully saturated rings. The fraction of sp³-hybridized carbons (Fsp3) is 0.133. The molecule has 0 aliphatic heterocycles. The van der Waals surface area contributed by atoms with Crippen LogP contribution in [0.5, 0.6) is 0 Å². The van der Waals surface area contributed by atoms with Crippen LogP contribution in [0.25, 0.3) is 11.1 Å². The van der Waals surface area contributed by atoms with Crippen molar-refractivity contribution in [2.75, 3.05) is 0 Å². The van der Waals surface area contributed by atoms with E-state index in [2.05, 4.69) is 9.97 Å². The predicted molar refractivity (Wildman–Crippen MR) is 72.6 cm³/mol. The Labute approximate surface area is 111 Å². The number of allylic oxidation sites excluding steroid dienone is 1. The normalized spacial score (nSPS) is 11.3. The molecule has 0 saturated heterocycles. The Hall–Kier alpha value is -2.49. The van der Waals surface area contributed by atoms with Crippen LogP contribution in [0.2, 0.25) is 0 Å². The highest BCUT2D eigenvalue weighted by Gasteiger charge is 2.00. The van der Waals surface area contributed by atoms with E-state index in [0.29, 0.717) is 6.42 Å². The number of benzene rings is 1. The van der Waals surface area contributed by atoms with Crippen LogP contribution < -0.4 is 0 Å². The van der Waals surface area contributed by atoms with Gasteiger partial charge in [0.25, 0.3) is 0 Å². The lowest BCUT2D eigenvalue weighted by Gasteiger charge is -2.04. The Balaban J connectivity index is 2.13. The molecule has 4 nitrogen and oxygen atoms in total. The molecular formula is C15H14N2O2. The number of aliphatic carboxylic acids is 1. The number of carboxylic acid groups (broad SMARTS) is 1. The Morgan fingerprint density at radius 1 is 1.16 bits per heavy atom. The van der Waals surface area contributed by atoms with Crippen molar-refractivity contribution in [1.29, 1.82) is 0 Å². The van der Waals surface area contributed by atoms with Gasteiger partial charge >= 0.3 is 5.97 Å². The smallest absolute Gasteiger partial charge is 0.328 e. The highest BCUT2D eigenvalue weighted by molar-refractivity contribution is 5.80. The molecule has 2 rings (SSSR count). The van der Waals surface area contributed by atoms with Gasteiger partial charge in [0, 0.05) is 24.0 Å². The van der Waals surface area contributed by atoms with Gasteiger partial charge in [-0.05, 0) is 24.5 Å². The summed E-state index contributed by atoms with van der Waals surface area (Å²) in [6, 6.07) is 7.95. The number of carbonyl (C=O) groups is 1. The molecule has 1 aromatic carbocycles. The molecule has 0 atom stereocenters. The second-order valence-corrected chi connectivity index (χ2v) is 4.33. The average molecular weight is 254 g/mol. The third-order valence-corrected chi connectivity index (χ3v) is 2.70. The summed E-state index contributed by atoms with van der Waals surface area (Å²) in [6.07, 6.45) is 6.89. The van der Waals surface area contributed by atoms with Crippen molar-refractivity contribution in [1.82, 2.24) is 9.97 Å². The molecule has 0 unspecified atom stereocenters. The standard InChI is InChI=1S/C15H14N2O2/c1-11(7-15(18)19)6-12-2-4-13(5-3-12)14-8-16-10-17-9-14/h2-5,7-10H,6H2,1H3,(H,18,19)/b11-7+. The summed E-state index contributed by atoms with van der Waals surface area (Å²) in [5.74, 6) is -0.907. The van der Waals surface area contributed by atoms with Gasteiger partial charge in [0.05, 0.1) is 0 Å². The van der Waals surface area contributed by atoms with Gasteiger partial charge in [-0.1, -0.05) is 29.8 Å². The number of carboxylic acids is 1. The third kappa shape index (κ3) is 3.74. The lowest BCUT2D eigenvalue weighted by Crippen LogP contribution is -1.93. The molecule has 0 bridgehead atoms. The first kappa shape index (κ1) is 13.0. The largest absolute Gasteiger partial charge is 0.478 e. The summed E-state index contributed by atoms with van der Waals surface area (Å²) in [4.78, 5) is 18.5. The topological polar surface area (TPSA) is 63.1 Å². The first-order chi connectivity index (χ1) is 9.15. The molecule has 0 amide bonds. The Morgan fingerprint density at radius 2 is 1.79 bits per heavy atom. The molecule has 0 aliphatic rings. The summed E-state index contributed by atoms with van der Waals surface area (Å²) in [5, 5.41) is 8.66. The molecule has 1 N–H and O–H groups in total. The zero-order valence-corrected chi connectivity index (χ0v) is 10.6. The van der Waals surface area contributed by atoms with Crippen molar-refractivity contribution >= 4 is 5.97 Å². The van der Waals surface area contributed by atoms with Crippen LogP contribution in [-0.4, -0.2) is 21.0 Å². The van der Waals surface area contributed by atoms with Crippen LogP contribution in [-0.2, 0) is 11.2 Å². The predicted octanol–water partition coefficient (Wildman–Crippen LogP) is 2.72. The minimum Gasteiger partial charge on any atom is -0.478 e. The van der Waals surface area contributed by atoms with E-state index >= 15 is 0 Å². The van der Waals surface area contributed by atoms with Crippen molar-refractivity contribution in [3.63, 3.8) is 0 Å². The molecule has 2 aromatic rings. The molecule has 1 aromatic heterocycles. The number of hydrogen-bond acceptors (Lipinski definition) is 3. The van der Waals surface area contributed by atoms with Crippen LogP contribution in [0.1, 0.15) is 12.5 Å². The van der Waals surface area contributed by atoms with Crippen LogP contribution in [0.4, 0.5) is 0 Å². The maximum atomic E-state index is 10.5. The summed E-state index contributed by atoms with van der Waals surface area (Å²) < 4.78 is 0. The van der Waals surface area contributed by atoms with Gasteiger partial charge < -0.3 is 5.11 Å². The zero-order chi connectivity index (χ0) is 13.7. The first-order valence-corrected chi connectivity index (χ1v) is 5.89. The first-order valence-electron chi connectivity index (χ1n) is 5.89. The van der Waals surface area contributed by atoms with Crippen LogP contribution in [0.3, 0.4) is 0 Å². The summed E-state index contributed by atoms with van der Waals surface area (Å²) in [7, 11) is 0. The maximum Gasteiger partial charge on any atom is 0.328 e. The minimum atomic E-state index is -0.907. The van der Waals surface area contributed by atoms with Crippen molar-refractivity contribution in [3.05, 3.63) is 60.2 Å². The van der Waals surface area contributed by atoms with Crippen molar-refractivity contribution < 1.29 is 9.90 Å². The fourth-order valence-electron chi connectivity index (χ4n) is 1.85. The molecule has 1 heterocycles. The molecule has 0 spiro atoms. The Morgan fingerprint density at radius 3 is 2.37 bits per heavy atom. The van der Waals surface area contributed by atoms with Gasteiger partial charge in [0.2, 0.25) is 0 Å². The molecular weight excluding hydrogens is 240 g/mol. The zero-order valence-electron chi connectivity index (χ0n) is 10.6. The molecule has 0 radical (unpaired) electrons. The van der Waals surface area contributed by atoms with Gasteiger partial charge in [-0.25, -0.2) is 14.8 Å². The lowest BCUT2D eigenvalue weighted by atomic mass is 10.0. The van der Waals surface area contributed by atoms with Crippen LogP contribution in [0, 0.1) is 0 Å². The van der Waals surface area contributed by atoms with Crippen LogP contribution >= 0.6 is 0 Å². The number of aromatic nitrogens is 2. The molecule has 19 heavy (non-hydrogen) atoms. The van der Waals surface area contributed by atoms with Gasteiger partial charge in [0.1, 0.15) is 6.33 Å². The molecule has 4 heteroatoms. The van der Waals surface area contributed by atoms with Crippen molar-refractivity contribution in [3.8, 4) is 11.1 Å². The van der Waals surface area contributed by atoms with E-state index in [-0.39, 0.29) is 0 Å². The highest BCUT2D eigenvalue weighted by atomic mass is 16.4. The average Bonchev–Trinajstić information content (AvgIpc) is 2.39.